The van der Waals surface area contributed by atoms with Crippen molar-refractivity contribution in [1.82, 2.24) is 10.3 Å². The molecular weight excluding hydrogens is 359 g/mol. The lowest BCUT2D eigenvalue weighted by Gasteiger charge is -2.30. The molecule has 1 aliphatic heterocycles. The van der Waals surface area contributed by atoms with Crippen molar-refractivity contribution in [3.05, 3.63) is 69.3 Å². The monoisotopic (exact) mass is 374 g/mol. The van der Waals surface area contributed by atoms with Gasteiger partial charge in [-0.1, -0.05) is 41.4 Å². The fourth-order valence-corrected chi connectivity index (χ4v) is 3.92. The smallest absolute Gasteiger partial charge is 0.323 e. The average molecular weight is 375 g/mol. The van der Waals surface area contributed by atoms with Crippen LogP contribution in [-0.2, 0) is 16.0 Å². The van der Waals surface area contributed by atoms with Crippen LogP contribution < -0.4 is 5.32 Å². The first kappa shape index (κ1) is 16.5. The number of benzene rings is 2. The van der Waals surface area contributed by atoms with Gasteiger partial charge in [0.2, 0.25) is 0 Å². The third kappa shape index (κ3) is 2.80. The van der Waals surface area contributed by atoms with Gasteiger partial charge in [0.05, 0.1) is 13.2 Å². The number of nitrogens with one attached hydrogen (secondary N) is 2. The van der Waals surface area contributed by atoms with E-state index in [4.69, 9.17) is 27.9 Å². The second-order valence-corrected chi connectivity index (χ2v) is 6.95. The first-order chi connectivity index (χ1) is 12.1. The van der Waals surface area contributed by atoms with E-state index in [-0.39, 0.29) is 12.0 Å². The van der Waals surface area contributed by atoms with Gasteiger partial charge in [-0.3, -0.25) is 10.1 Å². The van der Waals surface area contributed by atoms with Gasteiger partial charge in [-0.25, -0.2) is 0 Å². The number of halogens is 2. The highest BCUT2D eigenvalue weighted by Gasteiger charge is 2.35. The molecule has 0 radical (unpaired) electrons. The van der Waals surface area contributed by atoms with Crippen LogP contribution in [0.3, 0.4) is 0 Å². The first-order valence-corrected chi connectivity index (χ1v) is 8.72. The molecule has 0 amide bonds. The van der Waals surface area contributed by atoms with E-state index >= 15 is 0 Å². The number of para-hydroxylation sites is 1. The maximum absolute atomic E-state index is 12.2. The molecule has 0 fully saturated rings. The van der Waals surface area contributed by atoms with Crippen molar-refractivity contribution in [3.8, 4) is 0 Å². The van der Waals surface area contributed by atoms with Crippen molar-refractivity contribution >= 4 is 40.1 Å². The summed E-state index contributed by atoms with van der Waals surface area (Å²) < 4.78 is 4.96. The fraction of sp³-hybridized carbons (Fsp3) is 0.211. The Morgan fingerprint density at radius 3 is 2.80 bits per heavy atom. The largest absolute Gasteiger partial charge is 0.468 e. The molecule has 25 heavy (non-hydrogen) atoms. The Labute approximate surface area is 155 Å². The van der Waals surface area contributed by atoms with Crippen LogP contribution in [-0.4, -0.2) is 24.1 Å². The van der Waals surface area contributed by atoms with E-state index in [1.54, 1.807) is 12.1 Å². The number of methoxy groups -OCH3 is 1. The number of esters is 1. The van der Waals surface area contributed by atoms with Gasteiger partial charge in [-0.2, -0.15) is 0 Å². The number of H-pyrrole nitrogens is 1. The van der Waals surface area contributed by atoms with Crippen LogP contribution >= 0.6 is 23.2 Å². The Balaban J connectivity index is 1.91. The third-order valence-corrected chi connectivity index (χ3v) is 5.25. The zero-order valence-corrected chi connectivity index (χ0v) is 15.0. The van der Waals surface area contributed by atoms with Gasteiger partial charge in [-0.05, 0) is 35.4 Å². The first-order valence-electron chi connectivity index (χ1n) is 7.97. The summed E-state index contributed by atoms with van der Waals surface area (Å²) in [6.45, 7) is 0. The van der Waals surface area contributed by atoms with Crippen LogP contribution in [0.15, 0.2) is 42.5 Å². The minimum Gasteiger partial charge on any atom is -0.468 e. The van der Waals surface area contributed by atoms with Crippen LogP contribution in [0, 0.1) is 0 Å². The predicted octanol–water partition coefficient (Wildman–Crippen LogP) is 4.25. The number of aromatic nitrogens is 1. The molecule has 0 spiro atoms. The average Bonchev–Trinajstić information content (AvgIpc) is 3.01. The zero-order chi connectivity index (χ0) is 17.6. The molecule has 0 bridgehead atoms. The third-order valence-electron chi connectivity index (χ3n) is 4.67. The van der Waals surface area contributed by atoms with Gasteiger partial charge in [0.25, 0.3) is 0 Å². The van der Waals surface area contributed by atoms with Crippen molar-refractivity contribution in [2.24, 2.45) is 0 Å². The van der Waals surface area contributed by atoms with Crippen LogP contribution in [0.1, 0.15) is 22.9 Å². The van der Waals surface area contributed by atoms with Crippen LogP contribution in [0.2, 0.25) is 10.0 Å². The number of hydrogen-bond donors (Lipinski definition) is 2. The van der Waals surface area contributed by atoms with E-state index in [2.05, 4.69) is 16.4 Å². The fourth-order valence-electron chi connectivity index (χ4n) is 3.51. The van der Waals surface area contributed by atoms with E-state index in [9.17, 15) is 4.79 Å². The summed E-state index contributed by atoms with van der Waals surface area (Å²) in [4.78, 5) is 15.7. The highest BCUT2D eigenvalue weighted by molar-refractivity contribution is 6.33. The topological polar surface area (TPSA) is 54.1 Å². The summed E-state index contributed by atoms with van der Waals surface area (Å²) in [5, 5.41) is 5.66. The van der Waals surface area contributed by atoms with Crippen LogP contribution in [0.25, 0.3) is 10.9 Å². The number of hydrogen-bond acceptors (Lipinski definition) is 3. The van der Waals surface area contributed by atoms with E-state index in [0.717, 1.165) is 27.7 Å². The number of rotatable bonds is 2. The molecule has 2 heterocycles. The molecule has 1 aliphatic rings. The summed E-state index contributed by atoms with van der Waals surface area (Å²) in [5.41, 5.74) is 3.97. The standard InChI is InChI=1S/C19H16Cl2N2O2/c1-25-19(24)16-9-12-11-4-2-3-5-15(11)22-17(12)18(23-16)13-8-10(20)6-7-14(13)21/h2-8,16,18,22-23H,9H2,1H3. The lowest BCUT2D eigenvalue weighted by atomic mass is 9.90. The summed E-state index contributed by atoms with van der Waals surface area (Å²) in [6.07, 6.45) is 0.556. The molecule has 4 nitrogen and oxygen atoms in total. The van der Waals surface area contributed by atoms with E-state index in [1.165, 1.54) is 7.11 Å². The summed E-state index contributed by atoms with van der Waals surface area (Å²) in [5.74, 6) is -0.293. The van der Waals surface area contributed by atoms with Gasteiger partial charge < -0.3 is 9.72 Å². The Hall–Kier alpha value is -2.01. The van der Waals surface area contributed by atoms with E-state index in [1.807, 2.05) is 24.3 Å². The Bertz CT molecular complexity index is 967. The number of carbonyl (C=O) groups excluding carboxylic acids is 1. The highest BCUT2D eigenvalue weighted by atomic mass is 35.5. The van der Waals surface area contributed by atoms with Gasteiger partial charge in [0.15, 0.2) is 0 Å². The van der Waals surface area contributed by atoms with Crippen molar-refractivity contribution in [2.75, 3.05) is 7.11 Å². The summed E-state index contributed by atoms with van der Waals surface area (Å²) in [7, 11) is 1.40. The van der Waals surface area contributed by atoms with Crippen molar-refractivity contribution in [1.29, 1.82) is 0 Å². The van der Waals surface area contributed by atoms with Crippen LogP contribution in [0.4, 0.5) is 0 Å². The van der Waals surface area contributed by atoms with Gasteiger partial charge in [0.1, 0.15) is 6.04 Å². The van der Waals surface area contributed by atoms with E-state index < -0.39 is 6.04 Å². The lowest BCUT2D eigenvalue weighted by Crippen LogP contribution is -2.45. The molecular formula is C19H16Cl2N2O2. The summed E-state index contributed by atoms with van der Waals surface area (Å²) >= 11 is 12.6. The lowest BCUT2D eigenvalue weighted by molar-refractivity contribution is -0.143. The minimum atomic E-state index is -0.447. The number of carbonyl (C=O) groups is 1. The number of aromatic amines is 1. The normalized spacial score (nSPS) is 19.6. The molecule has 6 heteroatoms. The molecule has 0 aliphatic carbocycles. The maximum Gasteiger partial charge on any atom is 0.323 e. The highest BCUT2D eigenvalue weighted by Crippen LogP contribution is 2.38. The molecule has 0 saturated heterocycles. The molecule has 1 aromatic heterocycles. The molecule has 4 rings (SSSR count). The van der Waals surface area contributed by atoms with Crippen molar-refractivity contribution in [2.45, 2.75) is 18.5 Å². The molecule has 2 N–H and O–H groups in total. The summed E-state index contributed by atoms with van der Waals surface area (Å²) in [6, 6.07) is 12.7. The Morgan fingerprint density at radius 1 is 1.20 bits per heavy atom. The van der Waals surface area contributed by atoms with E-state index in [0.29, 0.717) is 16.5 Å². The van der Waals surface area contributed by atoms with Crippen LogP contribution in [0.5, 0.6) is 0 Å². The number of fused-ring (bicyclic) bond motifs is 3. The maximum atomic E-state index is 12.2. The molecule has 128 valence electrons. The molecule has 0 saturated carbocycles. The Kier molecular flexibility index (Phi) is 4.20. The number of ether oxygens (including phenoxy) is 1. The SMILES string of the molecule is COC(=O)C1Cc2c([nH]c3ccccc23)C(c2cc(Cl)ccc2Cl)N1. The second kappa shape index (κ2) is 6.37. The Morgan fingerprint density at radius 2 is 2.00 bits per heavy atom. The quantitative estimate of drug-likeness (QED) is 0.659. The molecule has 2 unspecified atom stereocenters. The van der Waals surface area contributed by atoms with Crippen molar-refractivity contribution in [3.63, 3.8) is 0 Å². The minimum absolute atomic E-state index is 0.272. The zero-order valence-electron chi connectivity index (χ0n) is 13.5. The van der Waals surface area contributed by atoms with Gasteiger partial charge >= 0.3 is 5.97 Å². The van der Waals surface area contributed by atoms with Gasteiger partial charge in [0, 0.05) is 33.1 Å². The van der Waals surface area contributed by atoms with Gasteiger partial charge in [-0.15, -0.1) is 0 Å². The predicted molar refractivity (Wildman–Crippen MR) is 99.2 cm³/mol. The van der Waals surface area contributed by atoms with Crippen molar-refractivity contribution < 1.29 is 9.53 Å². The second-order valence-electron chi connectivity index (χ2n) is 6.11. The molecule has 2 aromatic carbocycles. The molecule has 3 aromatic rings. The molecule has 2 atom stereocenters.